The van der Waals surface area contributed by atoms with Crippen LogP contribution in [0.3, 0.4) is 0 Å². The van der Waals surface area contributed by atoms with E-state index in [1.807, 2.05) is 41.3 Å². The van der Waals surface area contributed by atoms with Gasteiger partial charge in [0.25, 0.3) is 0 Å². The van der Waals surface area contributed by atoms with Crippen molar-refractivity contribution in [3.63, 3.8) is 0 Å². The maximum absolute atomic E-state index is 12.2. The van der Waals surface area contributed by atoms with Gasteiger partial charge in [0.1, 0.15) is 0 Å². The highest BCUT2D eigenvalue weighted by Crippen LogP contribution is 2.28. The molecule has 1 aliphatic heterocycles. The van der Waals surface area contributed by atoms with Gasteiger partial charge < -0.3 is 10.6 Å². The smallest absolute Gasteiger partial charge is 0.227 e. The Balaban J connectivity index is 1.91. The lowest BCUT2D eigenvalue weighted by atomic mass is 10.0. The Bertz CT molecular complexity index is 636. The zero-order valence-corrected chi connectivity index (χ0v) is 11.4. The van der Waals surface area contributed by atoms with Crippen LogP contribution in [0.1, 0.15) is 23.1 Å². The van der Waals surface area contributed by atoms with Crippen molar-refractivity contribution >= 4 is 11.6 Å². The van der Waals surface area contributed by atoms with Gasteiger partial charge in [-0.2, -0.15) is 0 Å². The number of aryl methyl sites for hydroxylation is 1. The Morgan fingerprint density at radius 3 is 2.65 bits per heavy atom. The Kier molecular flexibility index (Phi) is 3.52. The third kappa shape index (κ3) is 2.45. The highest BCUT2D eigenvalue weighted by molar-refractivity contribution is 5.96. The first-order valence-electron chi connectivity index (χ1n) is 6.94. The number of hydrogen-bond acceptors (Lipinski definition) is 2. The third-order valence-electron chi connectivity index (χ3n) is 3.76. The highest BCUT2D eigenvalue weighted by atomic mass is 16.2. The highest BCUT2D eigenvalue weighted by Gasteiger charge is 2.23. The molecule has 0 saturated heterocycles. The molecule has 0 radical (unpaired) electrons. The molecule has 1 heterocycles. The van der Waals surface area contributed by atoms with Crippen LogP contribution in [0, 0.1) is 0 Å². The number of anilines is 1. The monoisotopic (exact) mass is 266 g/mol. The van der Waals surface area contributed by atoms with Crippen LogP contribution in [0.4, 0.5) is 5.69 Å². The number of benzene rings is 2. The Morgan fingerprint density at radius 1 is 1.00 bits per heavy atom. The van der Waals surface area contributed by atoms with Gasteiger partial charge in [-0.15, -0.1) is 0 Å². The Morgan fingerprint density at radius 2 is 1.80 bits per heavy atom. The van der Waals surface area contributed by atoms with Crippen molar-refractivity contribution in [2.24, 2.45) is 5.73 Å². The molecule has 0 saturated carbocycles. The molecule has 2 N–H and O–H groups in total. The number of fused-ring (bicyclic) bond motifs is 1. The van der Waals surface area contributed by atoms with Gasteiger partial charge in [0.15, 0.2) is 0 Å². The molecule has 2 aromatic carbocycles. The fourth-order valence-electron chi connectivity index (χ4n) is 2.71. The number of nitrogens with zero attached hydrogens (tertiary/aromatic N) is 1. The molecule has 1 aliphatic rings. The number of rotatable bonds is 3. The van der Waals surface area contributed by atoms with Gasteiger partial charge in [-0.3, -0.25) is 4.79 Å². The minimum Gasteiger partial charge on any atom is -0.326 e. The zero-order chi connectivity index (χ0) is 13.9. The van der Waals surface area contributed by atoms with E-state index in [-0.39, 0.29) is 5.91 Å². The number of nitrogens with two attached hydrogens (primary N) is 1. The summed E-state index contributed by atoms with van der Waals surface area (Å²) >= 11 is 0. The summed E-state index contributed by atoms with van der Waals surface area (Å²) in [5.41, 5.74) is 10.2. The van der Waals surface area contributed by atoms with Gasteiger partial charge in [-0.05, 0) is 29.2 Å². The lowest BCUT2D eigenvalue weighted by Gasteiger charge is -2.29. The number of carbonyl (C=O) groups is 1. The van der Waals surface area contributed by atoms with Gasteiger partial charge >= 0.3 is 0 Å². The molecule has 0 bridgehead atoms. The minimum atomic E-state index is 0.196. The van der Waals surface area contributed by atoms with Crippen molar-refractivity contribution in [2.75, 3.05) is 4.90 Å². The number of carbonyl (C=O) groups excluding carboxylic acids is 1. The summed E-state index contributed by atoms with van der Waals surface area (Å²) < 4.78 is 0. The van der Waals surface area contributed by atoms with E-state index in [2.05, 4.69) is 12.1 Å². The predicted octanol–water partition coefficient (Wildman–Crippen LogP) is 2.62. The lowest BCUT2D eigenvalue weighted by molar-refractivity contribution is -0.119. The molecule has 3 rings (SSSR count). The molecule has 0 aliphatic carbocycles. The fourth-order valence-corrected chi connectivity index (χ4v) is 2.71. The van der Waals surface area contributed by atoms with Crippen molar-refractivity contribution in [2.45, 2.75) is 25.9 Å². The number of hydrogen-bond donors (Lipinski definition) is 1. The molecule has 0 fully saturated rings. The quantitative estimate of drug-likeness (QED) is 0.928. The second-order valence-corrected chi connectivity index (χ2v) is 5.13. The Labute approximate surface area is 119 Å². The predicted molar refractivity (Wildman–Crippen MR) is 80.3 cm³/mol. The van der Waals surface area contributed by atoms with Crippen molar-refractivity contribution in [1.29, 1.82) is 0 Å². The average Bonchev–Trinajstić information content (AvgIpc) is 2.50. The van der Waals surface area contributed by atoms with E-state index in [0.717, 1.165) is 23.2 Å². The second kappa shape index (κ2) is 5.47. The van der Waals surface area contributed by atoms with Gasteiger partial charge in [-0.1, -0.05) is 42.5 Å². The molecule has 0 unspecified atom stereocenters. The van der Waals surface area contributed by atoms with Crippen LogP contribution in [0.5, 0.6) is 0 Å². The van der Waals surface area contributed by atoms with Crippen molar-refractivity contribution < 1.29 is 4.79 Å². The van der Waals surface area contributed by atoms with Crippen LogP contribution in [0.2, 0.25) is 0 Å². The number of para-hydroxylation sites is 1. The summed E-state index contributed by atoms with van der Waals surface area (Å²) in [5, 5.41) is 0. The molecule has 3 heteroatoms. The summed E-state index contributed by atoms with van der Waals surface area (Å²) in [4.78, 5) is 14.1. The summed E-state index contributed by atoms with van der Waals surface area (Å²) in [6.45, 7) is 1.14. The first-order valence-corrected chi connectivity index (χ1v) is 6.94. The molecule has 20 heavy (non-hydrogen) atoms. The van der Waals surface area contributed by atoms with Crippen molar-refractivity contribution in [3.8, 4) is 0 Å². The summed E-state index contributed by atoms with van der Waals surface area (Å²) in [6.07, 6.45) is 1.43. The normalized spacial score (nSPS) is 14.2. The largest absolute Gasteiger partial charge is 0.326 e. The van der Waals surface area contributed by atoms with Crippen LogP contribution in [-0.4, -0.2) is 5.91 Å². The molecule has 0 atom stereocenters. The van der Waals surface area contributed by atoms with Gasteiger partial charge in [-0.25, -0.2) is 0 Å². The molecule has 102 valence electrons. The molecule has 0 aromatic heterocycles. The van der Waals surface area contributed by atoms with Crippen LogP contribution in [0.25, 0.3) is 0 Å². The maximum Gasteiger partial charge on any atom is 0.227 e. The van der Waals surface area contributed by atoms with Gasteiger partial charge in [0.05, 0.1) is 6.54 Å². The maximum atomic E-state index is 12.2. The zero-order valence-electron chi connectivity index (χ0n) is 11.4. The summed E-state index contributed by atoms with van der Waals surface area (Å²) in [6, 6.07) is 16.3. The Hall–Kier alpha value is -2.13. The molecular formula is C17H18N2O. The van der Waals surface area contributed by atoms with E-state index in [1.54, 1.807) is 0 Å². The van der Waals surface area contributed by atoms with E-state index in [4.69, 9.17) is 5.73 Å². The fraction of sp³-hybridized carbons (Fsp3) is 0.235. The van der Waals surface area contributed by atoms with Gasteiger partial charge in [0.2, 0.25) is 5.91 Å². The molecular weight excluding hydrogens is 248 g/mol. The summed E-state index contributed by atoms with van der Waals surface area (Å²) in [7, 11) is 0. The number of amides is 1. The van der Waals surface area contributed by atoms with Gasteiger partial charge in [0, 0.05) is 18.7 Å². The van der Waals surface area contributed by atoms with E-state index >= 15 is 0 Å². The third-order valence-corrected chi connectivity index (χ3v) is 3.76. The SMILES string of the molecule is NCc1cccc(CN2C(=O)CCc3ccccc32)c1. The second-order valence-electron chi connectivity index (χ2n) is 5.13. The van der Waals surface area contributed by atoms with Crippen molar-refractivity contribution in [1.82, 2.24) is 0 Å². The molecule has 3 nitrogen and oxygen atoms in total. The topological polar surface area (TPSA) is 46.3 Å². The lowest BCUT2D eigenvalue weighted by Crippen LogP contribution is -2.34. The van der Waals surface area contributed by atoms with E-state index in [9.17, 15) is 4.79 Å². The van der Waals surface area contributed by atoms with Crippen molar-refractivity contribution in [3.05, 3.63) is 65.2 Å². The first-order chi connectivity index (χ1) is 9.78. The van der Waals surface area contributed by atoms with E-state index in [0.29, 0.717) is 19.5 Å². The molecule has 1 amide bonds. The molecule has 2 aromatic rings. The summed E-state index contributed by atoms with van der Waals surface area (Å²) in [5.74, 6) is 0.196. The van der Waals surface area contributed by atoms with E-state index < -0.39 is 0 Å². The van der Waals surface area contributed by atoms with Crippen LogP contribution >= 0.6 is 0 Å². The van der Waals surface area contributed by atoms with Crippen LogP contribution < -0.4 is 10.6 Å². The van der Waals surface area contributed by atoms with Crippen LogP contribution in [-0.2, 0) is 24.3 Å². The van der Waals surface area contributed by atoms with Crippen LogP contribution in [0.15, 0.2) is 48.5 Å². The first kappa shape index (κ1) is 12.9. The van der Waals surface area contributed by atoms with E-state index in [1.165, 1.54) is 5.56 Å². The minimum absolute atomic E-state index is 0.196. The average molecular weight is 266 g/mol. The standard InChI is InChI=1S/C17H18N2O/c18-11-13-4-3-5-14(10-13)12-19-16-7-2-1-6-15(16)8-9-17(19)20/h1-7,10H,8-9,11-12,18H2. The molecule has 0 spiro atoms.